The van der Waals surface area contributed by atoms with Crippen molar-refractivity contribution in [2.24, 2.45) is 5.92 Å². The number of hydrogen-bond acceptors (Lipinski definition) is 7. The molecule has 152 valence electrons. The zero-order valence-electron chi connectivity index (χ0n) is 16.5. The number of nitrogens with zero attached hydrogens (tertiary/aromatic N) is 2. The van der Waals surface area contributed by atoms with Crippen LogP contribution >= 0.6 is 23.4 Å². The van der Waals surface area contributed by atoms with Gasteiger partial charge in [-0.3, -0.25) is 4.79 Å². The summed E-state index contributed by atoms with van der Waals surface area (Å²) in [5, 5.41) is 11.6. The van der Waals surface area contributed by atoms with Crippen molar-refractivity contribution >= 4 is 35.2 Å². The fourth-order valence-electron chi connectivity index (χ4n) is 2.20. The van der Waals surface area contributed by atoms with Crippen LogP contribution in [0.15, 0.2) is 33.9 Å². The Labute approximate surface area is 173 Å². The molecule has 0 spiro atoms. The van der Waals surface area contributed by atoms with Crippen molar-refractivity contribution < 1.29 is 18.7 Å². The highest BCUT2D eigenvalue weighted by atomic mass is 35.5. The number of aromatic nitrogens is 2. The van der Waals surface area contributed by atoms with Crippen LogP contribution in [0.25, 0.3) is 0 Å². The predicted octanol–water partition coefficient (Wildman–Crippen LogP) is 4.92. The van der Waals surface area contributed by atoms with Crippen molar-refractivity contribution in [1.82, 2.24) is 15.5 Å². The fourth-order valence-corrected chi connectivity index (χ4v) is 2.99. The van der Waals surface area contributed by atoms with Crippen LogP contribution in [0.2, 0.25) is 5.02 Å². The van der Waals surface area contributed by atoms with Gasteiger partial charge in [-0.25, -0.2) is 4.79 Å². The van der Waals surface area contributed by atoms with Gasteiger partial charge in [0, 0.05) is 10.6 Å². The van der Waals surface area contributed by atoms with Crippen LogP contribution in [0.3, 0.4) is 0 Å². The van der Waals surface area contributed by atoms with E-state index >= 15 is 0 Å². The van der Waals surface area contributed by atoms with E-state index in [-0.39, 0.29) is 28.6 Å². The maximum Gasteiger partial charge on any atom is 0.408 e. The van der Waals surface area contributed by atoms with E-state index in [9.17, 15) is 9.59 Å². The van der Waals surface area contributed by atoms with Crippen LogP contribution in [0.5, 0.6) is 0 Å². The molecule has 0 fully saturated rings. The first-order valence-electron chi connectivity index (χ1n) is 8.79. The second-order valence-corrected chi connectivity index (χ2v) is 8.86. The average Bonchev–Trinajstić information content (AvgIpc) is 3.05. The summed E-state index contributed by atoms with van der Waals surface area (Å²) in [5.74, 6) is 0.340. The highest BCUT2D eigenvalue weighted by Crippen LogP contribution is 2.25. The van der Waals surface area contributed by atoms with Gasteiger partial charge in [-0.15, -0.1) is 10.2 Å². The lowest BCUT2D eigenvalue weighted by atomic mass is 10.1. The zero-order chi connectivity index (χ0) is 20.9. The number of hydrogen-bond donors (Lipinski definition) is 1. The number of ether oxygens (including phenoxy) is 1. The lowest BCUT2D eigenvalue weighted by Crippen LogP contribution is -2.37. The van der Waals surface area contributed by atoms with Crippen LogP contribution < -0.4 is 5.32 Å². The topological polar surface area (TPSA) is 94.3 Å². The maximum atomic E-state index is 12.2. The molecule has 1 aromatic carbocycles. The summed E-state index contributed by atoms with van der Waals surface area (Å²) >= 11 is 6.97. The Morgan fingerprint density at radius 1 is 1.21 bits per heavy atom. The van der Waals surface area contributed by atoms with Crippen molar-refractivity contribution in [3.05, 3.63) is 40.7 Å². The molecule has 1 atom stereocenters. The molecule has 2 rings (SSSR count). The number of amides is 1. The first kappa shape index (κ1) is 22.2. The van der Waals surface area contributed by atoms with E-state index in [4.69, 9.17) is 20.8 Å². The smallest absolute Gasteiger partial charge is 0.408 e. The number of halogens is 1. The van der Waals surface area contributed by atoms with Crippen molar-refractivity contribution in [1.29, 1.82) is 0 Å². The largest absolute Gasteiger partial charge is 0.444 e. The molecule has 0 aliphatic rings. The van der Waals surface area contributed by atoms with Crippen molar-refractivity contribution in [3.63, 3.8) is 0 Å². The number of ketones is 1. The molecule has 2 aromatic rings. The van der Waals surface area contributed by atoms with E-state index in [1.807, 2.05) is 13.8 Å². The van der Waals surface area contributed by atoms with Crippen LogP contribution in [-0.2, 0) is 4.74 Å². The summed E-state index contributed by atoms with van der Waals surface area (Å²) in [5.41, 5.74) is -0.0490. The zero-order valence-corrected chi connectivity index (χ0v) is 18.1. The predicted molar refractivity (Wildman–Crippen MR) is 108 cm³/mol. The third kappa shape index (κ3) is 6.83. The molecule has 0 aliphatic carbocycles. The third-order valence-corrected chi connectivity index (χ3v) is 4.59. The average molecular weight is 426 g/mol. The number of rotatable bonds is 7. The Balaban J connectivity index is 1.99. The Hall–Kier alpha value is -2.06. The minimum absolute atomic E-state index is 0.00141. The number of nitrogens with one attached hydrogen (secondary N) is 1. The van der Waals surface area contributed by atoms with Gasteiger partial charge in [0.05, 0.1) is 5.75 Å². The maximum absolute atomic E-state index is 12.2. The van der Waals surface area contributed by atoms with E-state index in [0.717, 1.165) is 11.8 Å². The lowest BCUT2D eigenvalue weighted by Gasteiger charge is -2.23. The second kappa shape index (κ2) is 9.43. The lowest BCUT2D eigenvalue weighted by molar-refractivity contribution is 0.0477. The molecular weight excluding hydrogens is 402 g/mol. The number of thioether (sulfide) groups is 1. The molecule has 1 aromatic heterocycles. The quantitative estimate of drug-likeness (QED) is 0.496. The van der Waals surface area contributed by atoms with Crippen molar-refractivity contribution in [3.8, 4) is 0 Å². The van der Waals surface area contributed by atoms with Crippen molar-refractivity contribution in [2.45, 2.75) is 51.5 Å². The van der Waals surface area contributed by atoms with Crippen LogP contribution in [0, 0.1) is 5.92 Å². The van der Waals surface area contributed by atoms with Gasteiger partial charge in [-0.2, -0.15) is 0 Å². The van der Waals surface area contributed by atoms with Gasteiger partial charge < -0.3 is 14.5 Å². The number of benzene rings is 1. The molecular formula is C19H24ClN3O4S. The fraction of sp³-hybridized carbons (Fsp3) is 0.474. The third-order valence-electron chi connectivity index (χ3n) is 3.52. The van der Waals surface area contributed by atoms with E-state index in [1.54, 1.807) is 45.0 Å². The molecule has 0 aliphatic heterocycles. The standard InChI is InChI=1S/C19H24ClN3O4S/c1-11(2)15(21-17(25)27-19(3,4)5)16-22-23-18(26-16)28-10-14(24)12-6-8-13(20)9-7-12/h6-9,11,15H,10H2,1-5H3,(H,21,25)/t15-/m1/s1. The van der Waals surface area contributed by atoms with Crippen molar-refractivity contribution in [2.75, 3.05) is 5.75 Å². The minimum Gasteiger partial charge on any atom is -0.444 e. The van der Waals surface area contributed by atoms with Gasteiger partial charge in [0.15, 0.2) is 5.78 Å². The Bertz CT molecular complexity index is 815. The number of alkyl carbamates (subject to hydrolysis) is 1. The molecule has 0 unspecified atom stereocenters. The van der Waals surface area contributed by atoms with Crippen LogP contribution in [0.4, 0.5) is 4.79 Å². The van der Waals surface area contributed by atoms with Gasteiger partial charge in [0.25, 0.3) is 5.22 Å². The van der Waals surface area contributed by atoms with E-state index < -0.39 is 17.7 Å². The summed E-state index contributed by atoms with van der Waals surface area (Å²) in [4.78, 5) is 24.3. The molecule has 0 saturated carbocycles. The number of Topliss-reactive ketones (excluding diaryl/α,β-unsaturated/α-hetero) is 1. The van der Waals surface area contributed by atoms with Gasteiger partial charge in [-0.05, 0) is 51.0 Å². The molecule has 1 N–H and O–H groups in total. The van der Waals surface area contributed by atoms with E-state index in [0.29, 0.717) is 10.6 Å². The SMILES string of the molecule is CC(C)[C@@H](NC(=O)OC(C)(C)C)c1nnc(SCC(=O)c2ccc(Cl)cc2)o1. The summed E-state index contributed by atoms with van der Waals surface area (Å²) in [6.45, 7) is 9.20. The second-order valence-electron chi connectivity index (χ2n) is 7.49. The minimum atomic E-state index is -0.608. The Morgan fingerprint density at radius 2 is 1.86 bits per heavy atom. The van der Waals surface area contributed by atoms with Crippen LogP contribution in [-0.4, -0.2) is 33.4 Å². The summed E-state index contributed by atoms with van der Waals surface area (Å²) < 4.78 is 10.9. The van der Waals surface area contributed by atoms with Gasteiger partial charge in [-0.1, -0.05) is 37.2 Å². The summed E-state index contributed by atoms with van der Waals surface area (Å²) in [7, 11) is 0. The summed E-state index contributed by atoms with van der Waals surface area (Å²) in [6, 6.07) is 6.18. The van der Waals surface area contributed by atoms with E-state index in [2.05, 4.69) is 15.5 Å². The first-order valence-corrected chi connectivity index (χ1v) is 10.2. The first-order chi connectivity index (χ1) is 13.0. The van der Waals surface area contributed by atoms with Gasteiger partial charge in [0.2, 0.25) is 5.89 Å². The number of carbonyl (C=O) groups excluding carboxylic acids is 2. The van der Waals surface area contributed by atoms with E-state index in [1.165, 1.54) is 0 Å². The Kier molecular flexibility index (Phi) is 7.48. The highest BCUT2D eigenvalue weighted by molar-refractivity contribution is 7.99. The summed E-state index contributed by atoms with van der Waals surface area (Å²) in [6.07, 6.45) is -0.559. The Morgan fingerprint density at radius 3 is 2.43 bits per heavy atom. The normalized spacial score (nSPS) is 12.7. The molecule has 0 radical (unpaired) electrons. The molecule has 0 saturated heterocycles. The molecule has 1 heterocycles. The monoisotopic (exact) mass is 425 g/mol. The molecule has 1 amide bonds. The van der Waals surface area contributed by atoms with Crippen LogP contribution in [0.1, 0.15) is 56.9 Å². The molecule has 0 bridgehead atoms. The number of carbonyl (C=O) groups is 2. The molecule has 7 nitrogen and oxygen atoms in total. The van der Waals surface area contributed by atoms with Gasteiger partial charge in [0.1, 0.15) is 11.6 Å². The molecule has 9 heteroatoms. The highest BCUT2D eigenvalue weighted by Gasteiger charge is 2.27. The molecule has 28 heavy (non-hydrogen) atoms. The van der Waals surface area contributed by atoms with Gasteiger partial charge >= 0.3 is 6.09 Å².